The highest BCUT2D eigenvalue weighted by Crippen LogP contribution is 2.25. The zero-order chi connectivity index (χ0) is 12.7. The zero-order valence-corrected chi connectivity index (χ0v) is 11.2. The van der Waals surface area contributed by atoms with E-state index in [4.69, 9.17) is 5.11 Å². The second kappa shape index (κ2) is 7.70. The topological polar surface area (TPSA) is 49.3 Å². The Morgan fingerprint density at radius 1 is 1.41 bits per heavy atom. The van der Waals surface area contributed by atoms with Gasteiger partial charge in [0.15, 0.2) is 0 Å². The molecule has 3 atom stereocenters. The number of carboxylic acid groups (broad SMARTS) is 1. The maximum absolute atomic E-state index is 11.0. The lowest BCUT2D eigenvalue weighted by atomic mass is 9.85. The van der Waals surface area contributed by atoms with Crippen LogP contribution in [0.5, 0.6) is 0 Å². The van der Waals surface area contributed by atoms with E-state index in [1.165, 1.54) is 19.3 Å². The number of carbonyl (C=O) groups is 1. The molecule has 3 nitrogen and oxygen atoms in total. The number of aliphatic carboxylic acids is 1. The van der Waals surface area contributed by atoms with Crippen molar-refractivity contribution in [3.8, 4) is 0 Å². The van der Waals surface area contributed by atoms with Gasteiger partial charge >= 0.3 is 5.97 Å². The van der Waals surface area contributed by atoms with Gasteiger partial charge in [-0.25, -0.2) is 0 Å². The molecule has 0 heterocycles. The predicted octanol–water partition coefficient (Wildman–Crippen LogP) is 3.19. The van der Waals surface area contributed by atoms with Gasteiger partial charge in [0.25, 0.3) is 0 Å². The Hall–Kier alpha value is -0.570. The molecule has 1 aliphatic rings. The normalized spacial score (nSPS) is 26.7. The summed E-state index contributed by atoms with van der Waals surface area (Å²) in [4.78, 5) is 11.0. The Labute approximate surface area is 105 Å². The number of hydrogen-bond donors (Lipinski definition) is 2. The maximum Gasteiger partial charge on any atom is 0.306 e. The lowest BCUT2D eigenvalue weighted by Crippen LogP contribution is -2.42. The van der Waals surface area contributed by atoms with Gasteiger partial charge in [0.05, 0.1) is 5.92 Å². The van der Waals surface area contributed by atoms with E-state index in [0.29, 0.717) is 12.1 Å². The van der Waals surface area contributed by atoms with Crippen molar-refractivity contribution >= 4 is 5.97 Å². The fourth-order valence-electron chi connectivity index (χ4n) is 2.75. The second-order valence-corrected chi connectivity index (χ2v) is 5.31. The van der Waals surface area contributed by atoms with Crippen LogP contribution in [-0.2, 0) is 4.79 Å². The average Bonchev–Trinajstić information content (AvgIpc) is 2.34. The number of carboxylic acids is 1. The molecule has 3 heteroatoms. The summed E-state index contributed by atoms with van der Waals surface area (Å²) in [5.41, 5.74) is 0. The van der Waals surface area contributed by atoms with E-state index in [9.17, 15) is 4.79 Å². The monoisotopic (exact) mass is 241 g/mol. The molecule has 0 amide bonds. The Morgan fingerprint density at radius 3 is 2.76 bits per heavy atom. The summed E-state index contributed by atoms with van der Waals surface area (Å²) in [5.74, 6) is -0.733. The number of nitrogens with one attached hydrogen (secondary N) is 1. The molecule has 2 N–H and O–H groups in total. The van der Waals surface area contributed by atoms with Crippen LogP contribution < -0.4 is 5.32 Å². The molecule has 1 rings (SSSR count). The summed E-state index contributed by atoms with van der Waals surface area (Å²) in [7, 11) is 0. The van der Waals surface area contributed by atoms with Crippen LogP contribution in [-0.4, -0.2) is 23.2 Å². The van der Waals surface area contributed by atoms with Gasteiger partial charge in [0.1, 0.15) is 0 Å². The molecular formula is C14H27NO2. The van der Waals surface area contributed by atoms with E-state index in [0.717, 1.165) is 32.1 Å². The van der Waals surface area contributed by atoms with Crippen LogP contribution >= 0.6 is 0 Å². The molecular weight excluding hydrogens is 214 g/mol. The van der Waals surface area contributed by atoms with Crippen LogP contribution in [0, 0.1) is 5.92 Å². The van der Waals surface area contributed by atoms with E-state index in [2.05, 4.69) is 19.2 Å². The van der Waals surface area contributed by atoms with Crippen LogP contribution in [0.3, 0.4) is 0 Å². The first-order valence-electron chi connectivity index (χ1n) is 7.16. The highest BCUT2D eigenvalue weighted by molar-refractivity contribution is 5.70. The van der Waals surface area contributed by atoms with Gasteiger partial charge < -0.3 is 10.4 Å². The van der Waals surface area contributed by atoms with E-state index in [1.807, 2.05) is 0 Å². The second-order valence-electron chi connectivity index (χ2n) is 5.31. The van der Waals surface area contributed by atoms with Crippen molar-refractivity contribution in [2.45, 2.75) is 77.3 Å². The molecule has 0 bridgehead atoms. The van der Waals surface area contributed by atoms with Gasteiger partial charge in [-0.15, -0.1) is 0 Å². The minimum absolute atomic E-state index is 0.120. The third kappa shape index (κ3) is 5.07. The number of rotatable bonds is 7. The molecule has 100 valence electrons. The molecule has 0 aliphatic heterocycles. The van der Waals surface area contributed by atoms with Crippen LogP contribution in [0.1, 0.15) is 65.2 Å². The van der Waals surface area contributed by atoms with Crippen molar-refractivity contribution < 1.29 is 9.90 Å². The van der Waals surface area contributed by atoms with Crippen molar-refractivity contribution in [2.75, 3.05) is 0 Å². The third-order valence-electron chi connectivity index (χ3n) is 3.89. The van der Waals surface area contributed by atoms with Crippen LogP contribution in [0.2, 0.25) is 0 Å². The van der Waals surface area contributed by atoms with Crippen molar-refractivity contribution in [1.82, 2.24) is 5.32 Å². The van der Waals surface area contributed by atoms with Gasteiger partial charge in [0, 0.05) is 12.1 Å². The highest BCUT2D eigenvalue weighted by Gasteiger charge is 2.27. The van der Waals surface area contributed by atoms with Crippen molar-refractivity contribution in [2.24, 2.45) is 5.92 Å². The van der Waals surface area contributed by atoms with Gasteiger partial charge in [0.2, 0.25) is 0 Å². The summed E-state index contributed by atoms with van der Waals surface area (Å²) < 4.78 is 0. The highest BCUT2D eigenvalue weighted by atomic mass is 16.4. The summed E-state index contributed by atoms with van der Waals surface area (Å²) in [5, 5.41) is 12.7. The maximum atomic E-state index is 11.0. The van der Waals surface area contributed by atoms with Gasteiger partial charge in [-0.1, -0.05) is 33.1 Å². The fraction of sp³-hybridized carbons (Fsp3) is 0.929. The van der Waals surface area contributed by atoms with Crippen molar-refractivity contribution in [1.29, 1.82) is 0 Å². The largest absolute Gasteiger partial charge is 0.481 e. The predicted molar refractivity (Wildman–Crippen MR) is 70.1 cm³/mol. The summed E-state index contributed by atoms with van der Waals surface area (Å²) in [6.45, 7) is 4.43. The van der Waals surface area contributed by atoms with E-state index in [1.54, 1.807) is 0 Å². The first-order valence-corrected chi connectivity index (χ1v) is 7.16. The molecule has 17 heavy (non-hydrogen) atoms. The molecule has 0 spiro atoms. The van der Waals surface area contributed by atoms with Gasteiger partial charge in [-0.2, -0.15) is 0 Å². The minimum Gasteiger partial charge on any atom is -0.481 e. The zero-order valence-electron chi connectivity index (χ0n) is 11.2. The Kier molecular flexibility index (Phi) is 6.56. The lowest BCUT2D eigenvalue weighted by Gasteiger charge is -2.31. The van der Waals surface area contributed by atoms with Crippen molar-refractivity contribution in [3.63, 3.8) is 0 Å². The third-order valence-corrected chi connectivity index (χ3v) is 3.89. The summed E-state index contributed by atoms with van der Waals surface area (Å²) in [6.07, 6.45) is 8.75. The molecule has 0 aromatic heterocycles. The molecule has 0 aromatic rings. The van der Waals surface area contributed by atoms with Gasteiger partial charge in [-0.3, -0.25) is 4.79 Å². The molecule has 1 fully saturated rings. The van der Waals surface area contributed by atoms with E-state index in [-0.39, 0.29) is 5.92 Å². The molecule has 0 saturated heterocycles. The number of hydrogen-bond acceptors (Lipinski definition) is 2. The summed E-state index contributed by atoms with van der Waals surface area (Å²) >= 11 is 0. The van der Waals surface area contributed by atoms with Gasteiger partial charge in [-0.05, 0) is 32.1 Å². The number of unbranched alkanes of at least 4 members (excludes halogenated alkanes) is 1. The molecule has 3 unspecified atom stereocenters. The fourth-order valence-corrected chi connectivity index (χ4v) is 2.75. The molecule has 1 aliphatic carbocycles. The lowest BCUT2D eigenvalue weighted by molar-refractivity contribution is -0.143. The van der Waals surface area contributed by atoms with Crippen LogP contribution in [0.25, 0.3) is 0 Å². The molecule has 0 radical (unpaired) electrons. The smallest absolute Gasteiger partial charge is 0.306 e. The first kappa shape index (κ1) is 14.5. The summed E-state index contributed by atoms with van der Waals surface area (Å²) in [6, 6.07) is 0.999. The Bertz CT molecular complexity index is 230. The minimum atomic E-state index is -0.613. The van der Waals surface area contributed by atoms with Crippen LogP contribution in [0.4, 0.5) is 0 Å². The van der Waals surface area contributed by atoms with E-state index >= 15 is 0 Å². The quantitative estimate of drug-likeness (QED) is 0.719. The standard InChI is InChI=1S/C14H27NO2/c1-3-5-8-12(4-2)15-13-9-6-7-11(10-13)14(16)17/h11-13,15H,3-10H2,1-2H3,(H,16,17). The van der Waals surface area contributed by atoms with E-state index < -0.39 is 5.97 Å². The first-order chi connectivity index (χ1) is 8.17. The SMILES string of the molecule is CCCCC(CC)NC1CCCC(C(=O)O)C1. The average molecular weight is 241 g/mol. The molecule has 0 aromatic carbocycles. The Morgan fingerprint density at radius 2 is 2.18 bits per heavy atom. The van der Waals surface area contributed by atoms with Crippen molar-refractivity contribution in [3.05, 3.63) is 0 Å². The molecule has 1 saturated carbocycles. The Balaban J connectivity index is 2.35. The van der Waals surface area contributed by atoms with Crippen LogP contribution in [0.15, 0.2) is 0 Å².